The maximum Gasteiger partial charge on any atom is 0.309 e. The number of carbonyl (C=O) groups is 2. The van der Waals surface area contributed by atoms with E-state index in [1.807, 2.05) is 0 Å². The number of anilines is 1. The number of hydrogen-bond donors (Lipinski definition) is 2. The summed E-state index contributed by atoms with van der Waals surface area (Å²) in [6.45, 7) is 3.56. The molecular formula is C20H31N5O5. The molecule has 2 aromatic heterocycles. The number of imidazole rings is 1. The maximum atomic E-state index is 12.6. The van der Waals surface area contributed by atoms with Crippen molar-refractivity contribution >= 4 is 28.9 Å². The van der Waals surface area contributed by atoms with Crippen LogP contribution in [0.3, 0.4) is 0 Å². The molecule has 0 saturated carbocycles. The van der Waals surface area contributed by atoms with Gasteiger partial charge in [-0.1, -0.05) is 32.1 Å². The number of nitrogens with two attached hydrogens (primary N) is 1. The summed E-state index contributed by atoms with van der Waals surface area (Å²) in [5.41, 5.74) is 5.70. The number of aromatic amines is 1. The van der Waals surface area contributed by atoms with Crippen LogP contribution in [0.2, 0.25) is 0 Å². The van der Waals surface area contributed by atoms with Gasteiger partial charge in [-0.3, -0.25) is 9.59 Å². The van der Waals surface area contributed by atoms with Crippen LogP contribution in [-0.4, -0.2) is 37.9 Å². The van der Waals surface area contributed by atoms with Crippen molar-refractivity contribution in [1.29, 1.82) is 0 Å². The van der Waals surface area contributed by atoms with Gasteiger partial charge in [0.25, 0.3) is 12.0 Å². The predicted molar refractivity (Wildman–Crippen MR) is 112 cm³/mol. The van der Waals surface area contributed by atoms with Gasteiger partial charge in [0.2, 0.25) is 5.95 Å². The first-order valence-electron chi connectivity index (χ1n) is 10.5. The standard InChI is InChI=1S/C20H31N5O5/c1-3-29-20(25-18(28)16-17(23-13-22-16)24-19(25)21)30-15(27)12-10-8-6-4-5-7-9-11-14(2)26/h13,20H,3-12H2,1-2H3,(H2,21,24)(H,22,23). The molecule has 0 spiro atoms. The number of nitrogens with one attached hydrogen (secondary N) is 1. The van der Waals surface area contributed by atoms with E-state index in [0.29, 0.717) is 12.8 Å². The van der Waals surface area contributed by atoms with Gasteiger partial charge in [-0.25, -0.2) is 9.55 Å². The van der Waals surface area contributed by atoms with Gasteiger partial charge in [-0.2, -0.15) is 4.98 Å². The van der Waals surface area contributed by atoms with Crippen molar-refractivity contribution in [1.82, 2.24) is 19.5 Å². The lowest BCUT2D eigenvalue weighted by molar-refractivity contribution is -0.201. The molecule has 1 unspecified atom stereocenters. The molecule has 10 heteroatoms. The van der Waals surface area contributed by atoms with Crippen molar-refractivity contribution in [3.63, 3.8) is 0 Å². The van der Waals surface area contributed by atoms with Crippen LogP contribution in [0.1, 0.15) is 78.0 Å². The molecule has 0 aliphatic heterocycles. The highest BCUT2D eigenvalue weighted by molar-refractivity contribution is 5.75. The number of rotatable bonds is 14. The molecule has 2 heterocycles. The van der Waals surface area contributed by atoms with Crippen molar-refractivity contribution in [2.45, 2.75) is 78.0 Å². The molecule has 0 bridgehead atoms. The summed E-state index contributed by atoms with van der Waals surface area (Å²) in [7, 11) is 0. The second-order valence-corrected chi connectivity index (χ2v) is 7.18. The fourth-order valence-electron chi connectivity index (χ4n) is 3.12. The van der Waals surface area contributed by atoms with Crippen LogP contribution in [0.5, 0.6) is 0 Å². The van der Waals surface area contributed by atoms with E-state index in [-0.39, 0.29) is 35.9 Å². The first-order valence-corrected chi connectivity index (χ1v) is 10.5. The average Bonchev–Trinajstić information content (AvgIpc) is 3.15. The van der Waals surface area contributed by atoms with Crippen molar-refractivity contribution in [3.05, 3.63) is 16.7 Å². The van der Waals surface area contributed by atoms with Gasteiger partial charge in [0, 0.05) is 19.4 Å². The van der Waals surface area contributed by atoms with Crippen molar-refractivity contribution in [2.75, 3.05) is 12.3 Å². The SMILES string of the molecule is CCOC(OC(=O)CCCCCCCCCC(C)=O)n1c(N)nc2nc[nH]c2c1=O. The van der Waals surface area contributed by atoms with Crippen LogP contribution in [0.15, 0.2) is 11.1 Å². The minimum absolute atomic E-state index is 0.143. The molecule has 0 aliphatic rings. The highest BCUT2D eigenvalue weighted by Gasteiger charge is 2.23. The lowest BCUT2D eigenvalue weighted by Gasteiger charge is -2.20. The Bertz CT molecular complexity index is 891. The largest absolute Gasteiger partial charge is 0.416 e. The molecule has 2 rings (SSSR count). The highest BCUT2D eigenvalue weighted by atomic mass is 16.7. The number of H-pyrrole nitrogens is 1. The fraction of sp³-hybridized carbons (Fsp3) is 0.650. The lowest BCUT2D eigenvalue weighted by Crippen LogP contribution is -2.33. The van der Waals surface area contributed by atoms with Crippen molar-refractivity contribution in [2.24, 2.45) is 0 Å². The molecule has 10 nitrogen and oxygen atoms in total. The van der Waals surface area contributed by atoms with Gasteiger partial charge < -0.3 is 25.0 Å². The molecule has 0 aliphatic carbocycles. The van der Waals surface area contributed by atoms with E-state index in [9.17, 15) is 14.4 Å². The van der Waals surface area contributed by atoms with Gasteiger partial charge in [0.05, 0.1) is 6.33 Å². The third kappa shape index (κ3) is 6.94. The Morgan fingerprint density at radius 2 is 1.77 bits per heavy atom. The van der Waals surface area contributed by atoms with Gasteiger partial charge in [0.1, 0.15) is 5.78 Å². The number of Topliss-reactive ketones (excluding diaryl/α,β-unsaturated/α-hetero) is 1. The zero-order valence-electron chi connectivity index (χ0n) is 17.7. The minimum atomic E-state index is -1.28. The number of carbonyl (C=O) groups excluding carboxylic acids is 2. The van der Waals surface area contributed by atoms with E-state index in [4.69, 9.17) is 15.2 Å². The average molecular weight is 421 g/mol. The van der Waals surface area contributed by atoms with Gasteiger partial charge in [-0.05, 0) is 26.7 Å². The Hall–Kier alpha value is -2.75. The predicted octanol–water partition coefficient (Wildman–Crippen LogP) is 2.84. The number of hydrogen-bond acceptors (Lipinski definition) is 8. The molecule has 30 heavy (non-hydrogen) atoms. The molecule has 0 saturated heterocycles. The number of aromatic nitrogens is 4. The van der Waals surface area contributed by atoms with Crippen LogP contribution < -0.4 is 11.3 Å². The molecule has 0 radical (unpaired) electrons. The zero-order valence-corrected chi connectivity index (χ0v) is 17.7. The summed E-state index contributed by atoms with van der Waals surface area (Å²) in [5, 5.41) is 0. The summed E-state index contributed by atoms with van der Waals surface area (Å²) in [6, 6.07) is 0. The molecule has 2 aromatic rings. The quantitative estimate of drug-likeness (QED) is 0.269. The van der Waals surface area contributed by atoms with E-state index in [1.54, 1.807) is 13.8 Å². The van der Waals surface area contributed by atoms with Crippen LogP contribution >= 0.6 is 0 Å². The highest BCUT2D eigenvalue weighted by Crippen LogP contribution is 2.16. The summed E-state index contributed by atoms with van der Waals surface area (Å²) in [4.78, 5) is 46.4. The van der Waals surface area contributed by atoms with E-state index in [1.165, 1.54) is 6.33 Å². The Morgan fingerprint density at radius 1 is 1.13 bits per heavy atom. The topological polar surface area (TPSA) is 142 Å². The van der Waals surface area contributed by atoms with Gasteiger partial charge in [0.15, 0.2) is 11.2 Å². The van der Waals surface area contributed by atoms with Gasteiger partial charge in [-0.15, -0.1) is 0 Å². The van der Waals surface area contributed by atoms with Crippen LogP contribution in [0, 0.1) is 0 Å². The number of unbranched alkanes of at least 4 members (excludes halogenated alkanes) is 6. The second-order valence-electron chi connectivity index (χ2n) is 7.18. The number of ether oxygens (including phenoxy) is 2. The third-order valence-corrected chi connectivity index (χ3v) is 4.68. The molecule has 3 N–H and O–H groups in total. The number of esters is 1. The van der Waals surface area contributed by atoms with Crippen LogP contribution in [-0.2, 0) is 19.1 Å². The molecule has 0 fully saturated rings. The Kier molecular flexibility index (Phi) is 9.46. The van der Waals surface area contributed by atoms with Crippen molar-refractivity contribution < 1.29 is 19.1 Å². The Balaban J connectivity index is 1.80. The number of nitrogen functional groups attached to an aromatic ring is 1. The maximum absolute atomic E-state index is 12.6. The Morgan fingerprint density at radius 3 is 2.40 bits per heavy atom. The third-order valence-electron chi connectivity index (χ3n) is 4.68. The smallest absolute Gasteiger partial charge is 0.309 e. The summed E-state index contributed by atoms with van der Waals surface area (Å²) in [6.07, 6.45) is 7.74. The summed E-state index contributed by atoms with van der Waals surface area (Å²) in [5.74, 6) is -0.371. The molecule has 0 amide bonds. The normalized spacial score (nSPS) is 12.2. The summed E-state index contributed by atoms with van der Waals surface area (Å²) < 4.78 is 11.8. The molecule has 166 valence electrons. The van der Waals surface area contributed by atoms with E-state index in [0.717, 1.165) is 43.1 Å². The number of fused-ring (bicyclic) bond motifs is 1. The second kappa shape index (κ2) is 12.1. The van der Waals surface area contributed by atoms with Gasteiger partial charge >= 0.3 is 5.97 Å². The molecular weight excluding hydrogens is 390 g/mol. The molecule has 0 aromatic carbocycles. The number of nitrogens with zero attached hydrogens (tertiary/aromatic N) is 3. The summed E-state index contributed by atoms with van der Waals surface area (Å²) >= 11 is 0. The van der Waals surface area contributed by atoms with E-state index < -0.39 is 17.9 Å². The van der Waals surface area contributed by atoms with E-state index >= 15 is 0 Å². The van der Waals surface area contributed by atoms with Crippen LogP contribution in [0.4, 0.5) is 5.95 Å². The minimum Gasteiger partial charge on any atom is -0.416 e. The zero-order chi connectivity index (χ0) is 21.9. The number of ketones is 1. The Labute approximate surface area is 175 Å². The van der Waals surface area contributed by atoms with Crippen LogP contribution in [0.25, 0.3) is 11.2 Å². The first-order chi connectivity index (χ1) is 14.4. The monoisotopic (exact) mass is 421 g/mol. The van der Waals surface area contributed by atoms with Crippen molar-refractivity contribution in [3.8, 4) is 0 Å². The fourth-order valence-corrected chi connectivity index (χ4v) is 3.12. The molecule has 1 atom stereocenters. The van der Waals surface area contributed by atoms with E-state index in [2.05, 4.69) is 15.0 Å². The first kappa shape index (κ1) is 23.5. The lowest BCUT2D eigenvalue weighted by atomic mass is 10.1.